The van der Waals surface area contributed by atoms with Gasteiger partial charge in [0.05, 0.1) is 16.4 Å². The molecule has 0 radical (unpaired) electrons. The van der Waals surface area contributed by atoms with Gasteiger partial charge in [-0.2, -0.15) is 0 Å². The first-order valence-electron chi connectivity index (χ1n) is 7.06. The molecule has 23 heavy (non-hydrogen) atoms. The Kier molecular flexibility index (Phi) is 11.6. The van der Waals surface area contributed by atoms with E-state index in [1.165, 1.54) is 0 Å². The number of amides is 1. The van der Waals surface area contributed by atoms with Crippen LogP contribution in [-0.4, -0.2) is 36.0 Å². The van der Waals surface area contributed by atoms with Gasteiger partial charge in [-0.05, 0) is 32.1 Å². The van der Waals surface area contributed by atoms with Crippen LogP contribution in [-0.2, 0) is 11.2 Å². The van der Waals surface area contributed by atoms with E-state index in [1.54, 1.807) is 17.5 Å². The highest BCUT2D eigenvalue weighted by Gasteiger charge is 2.06. The molecule has 2 aromatic rings. The van der Waals surface area contributed by atoms with E-state index in [-0.39, 0.29) is 30.7 Å². The molecule has 0 aromatic carbocycles. The number of carbonyl (C=O) groups is 1. The van der Waals surface area contributed by atoms with E-state index in [0.717, 1.165) is 35.8 Å². The second kappa shape index (κ2) is 12.2. The second-order valence-corrected chi connectivity index (χ2v) is 5.59. The van der Waals surface area contributed by atoms with E-state index in [1.807, 2.05) is 30.6 Å². The number of rotatable bonds is 8. The van der Waals surface area contributed by atoms with Crippen molar-refractivity contribution in [2.75, 3.05) is 20.1 Å². The minimum Gasteiger partial charge on any atom is -0.356 e. The Morgan fingerprint density at radius 2 is 2.04 bits per heavy atom. The second-order valence-electron chi connectivity index (χ2n) is 4.65. The molecule has 0 saturated heterocycles. The fraction of sp³-hybridized carbons (Fsp3) is 0.400. The Hall–Kier alpha value is -1.21. The van der Waals surface area contributed by atoms with Gasteiger partial charge in [-0.25, -0.2) is 4.98 Å². The zero-order chi connectivity index (χ0) is 14.9. The van der Waals surface area contributed by atoms with Crippen LogP contribution in [0.2, 0.25) is 0 Å². The summed E-state index contributed by atoms with van der Waals surface area (Å²) in [5.74, 6) is 0.103. The summed E-state index contributed by atoms with van der Waals surface area (Å²) in [4.78, 5) is 20.4. The Bertz CT molecular complexity index is 566. The summed E-state index contributed by atoms with van der Waals surface area (Å²) in [5.41, 5.74) is 1.78. The number of thiazole rings is 1. The molecule has 5 nitrogen and oxygen atoms in total. The maximum absolute atomic E-state index is 11.6. The van der Waals surface area contributed by atoms with Crippen molar-refractivity contribution in [2.45, 2.75) is 19.3 Å². The third-order valence-corrected chi connectivity index (χ3v) is 3.88. The maximum atomic E-state index is 11.6. The number of nitrogens with one attached hydrogen (secondary N) is 2. The van der Waals surface area contributed by atoms with Gasteiger partial charge in [0, 0.05) is 31.0 Å². The Balaban J connectivity index is 0.00000242. The first kappa shape index (κ1) is 21.8. The lowest BCUT2D eigenvalue weighted by Crippen LogP contribution is -2.26. The molecular formula is C15H22Cl2N4OS. The molecule has 0 aliphatic heterocycles. The van der Waals surface area contributed by atoms with Gasteiger partial charge >= 0.3 is 0 Å². The van der Waals surface area contributed by atoms with Crippen molar-refractivity contribution in [3.8, 4) is 11.4 Å². The zero-order valence-corrected chi connectivity index (χ0v) is 15.4. The molecule has 2 rings (SSSR count). The predicted molar refractivity (Wildman–Crippen MR) is 99.7 cm³/mol. The van der Waals surface area contributed by atoms with Crippen molar-refractivity contribution in [1.82, 2.24) is 20.6 Å². The van der Waals surface area contributed by atoms with Gasteiger partial charge in [0.25, 0.3) is 0 Å². The topological polar surface area (TPSA) is 66.9 Å². The number of halogens is 2. The third-order valence-electron chi connectivity index (χ3n) is 2.97. The van der Waals surface area contributed by atoms with Crippen LogP contribution in [0.15, 0.2) is 29.8 Å². The number of nitrogens with zero attached hydrogens (tertiary/aromatic N) is 2. The SMILES string of the molecule is CNCCCC(=O)NCCc1nc(-c2ccccn2)cs1.Cl.Cl. The summed E-state index contributed by atoms with van der Waals surface area (Å²) in [6, 6.07) is 5.79. The lowest BCUT2D eigenvalue weighted by molar-refractivity contribution is -0.121. The van der Waals surface area contributed by atoms with Crippen molar-refractivity contribution >= 4 is 42.1 Å². The van der Waals surface area contributed by atoms with Gasteiger partial charge in [0.15, 0.2) is 0 Å². The molecule has 2 aromatic heterocycles. The number of pyridine rings is 1. The molecule has 0 aliphatic rings. The molecule has 0 unspecified atom stereocenters. The van der Waals surface area contributed by atoms with Crippen LogP contribution in [0.5, 0.6) is 0 Å². The smallest absolute Gasteiger partial charge is 0.220 e. The highest BCUT2D eigenvalue weighted by Crippen LogP contribution is 2.19. The molecule has 2 heterocycles. The average Bonchev–Trinajstić information content (AvgIpc) is 2.97. The predicted octanol–water partition coefficient (Wildman–Crippen LogP) is 2.71. The Morgan fingerprint density at radius 3 is 2.74 bits per heavy atom. The summed E-state index contributed by atoms with van der Waals surface area (Å²) >= 11 is 1.61. The molecule has 1 amide bonds. The van der Waals surface area contributed by atoms with Crippen molar-refractivity contribution in [2.24, 2.45) is 0 Å². The van der Waals surface area contributed by atoms with Gasteiger partial charge in [-0.3, -0.25) is 9.78 Å². The Labute approximate surface area is 153 Å². The molecule has 128 valence electrons. The summed E-state index contributed by atoms with van der Waals surface area (Å²) in [7, 11) is 1.89. The van der Waals surface area contributed by atoms with Crippen LogP contribution in [0.1, 0.15) is 17.8 Å². The van der Waals surface area contributed by atoms with Crippen molar-refractivity contribution < 1.29 is 4.79 Å². The van der Waals surface area contributed by atoms with Gasteiger partial charge in [-0.15, -0.1) is 36.2 Å². The van der Waals surface area contributed by atoms with E-state index in [0.29, 0.717) is 13.0 Å². The molecule has 0 saturated carbocycles. The molecule has 8 heteroatoms. The third kappa shape index (κ3) is 7.74. The monoisotopic (exact) mass is 376 g/mol. The fourth-order valence-corrected chi connectivity index (χ4v) is 2.67. The van der Waals surface area contributed by atoms with Crippen LogP contribution in [0.3, 0.4) is 0 Å². The van der Waals surface area contributed by atoms with Crippen molar-refractivity contribution in [3.05, 3.63) is 34.8 Å². The highest BCUT2D eigenvalue weighted by molar-refractivity contribution is 7.09. The fourth-order valence-electron chi connectivity index (χ4n) is 1.88. The molecule has 0 bridgehead atoms. The minimum atomic E-state index is 0. The van der Waals surface area contributed by atoms with E-state index >= 15 is 0 Å². The average molecular weight is 377 g/mol. The van der Waals surface area contributed by atoms with Gasteiger partial charge in [-0.1, -0.05) is 6.07 Å². The van der Waals surface area contributed by atoms with Gasteiger partial charge < -0.3 is 10.6 Å². The van der Waals surface area contributed by atoms with Crippen LogP contribution in [0, 0.1) is 0 Å². The summed E-state index contributed by atoms with van der Waals surface area (Å²) in [5, 5.41) is 8.98. The van der Waals surface area contributed by atoms with Crippen LogP contribution >= 0.6 is 36.2 Å². The zero-order valence-electron chi connectivity index (χ0n) is 12.9. The Morgan fingerprint density at radius 1 is 1.22 bits per heavy atom. The number of hydrogen-bond donors (Lipinski definition) is 2. The first-order valence-corrected chi connectivity index (χ1v) is 7.94. The molecule has 0 aliphatic carbocycles. The summed E-state index contributed by atoms with van der Waals surface area (Å²) in [6.45, 7) is 1.50. The molecule has 0 atom stereocenters. The van der Waals surface area contributed by atoms with Gasteiger partial charge in [0.1, 0.15) is 0 Å². The number of carbonyl (C=O) groups excluding carboxylic acids is 1. The lowest BCUT2D eigenvalue weighted by atomic mass is 10.3. The quantitative estimate of drug-likeness (QED) is 0.695. The number of aromatic nitrogens is 2. The summed E-state index contributed by atoms with van der Waals surface area (Å²) in [6.07, 6.45) is 3.95. The summed E-state index contributed by atoms with van der Waals surface area (Å²) < 4.78 is 0. The number of hydrogen-bond acceptors (Lipinski definition) is 5. The van der Waals surface area contributed by atoms with Crippen LogP contribution < -0.4 is 10.6 Å². The molecule has 0 fully saturated rings. The van der Waals surface area contributed by atoms with E-state index < -0.39 is 0 Å². The molecular weight excluding hydrogens is 355 g/mol. The molecule has 2 N–H and O–H groups in total. The van der Waals surface area contributed by atoms with Crippen LogP contribution in [0.4, 0.5) is 0 Å². The highest BCUT2D eigenvalue weighted by atomic mass is 35.5. The van der Waals surface area contributed by atoms with Crippen molar-refractivity contribution in [1.29, 1.82) is 0 Å². The molecule has 0 spiro atoms. The van der Waals surface area contributed by atoms with E-state index in [4.69, 9.17) is 0 Å². The standard InChI is InChI=1S/C15H20N4OS.2ClH/c1-16-8-4-6-14(20)18-10-7-15-19-13(11-21-15)12-5-2-3-9-17-12;;/h2-3,5,9,11,16H,4,6-8,10H2,1H3,(H,18,20);2*1H. The van der Waals surface area contributed by atoms with Crippen LogP contribution in [0.25, 0.3) is 11.4 Å². The van der Waals surface area contributed by atoms with E-state index in [2.05, 4.69) is 20.6 Å². The normalized spacial score (nSPS) is 9.61. The van der Waals surface area contributed by atoms with E-state index in [9.17, 15) is 4.79 Å². The maximum Gasteiger partial charge on any atom is 0.220 e. The lowest BCUT2D eigenvalue weighted by Gasteiger charge is -2.03. The van der Waals surface area contributed by atoms with Crippen molar-refractivity contribution in [3.63, 3.8) is 0 Å². The first-order chi connectivity index (χ1) is 10.3. The van der Waals surface area contributed by atoms with Gasteiger partial charge in [0.2, 0.25) is 5.91 Å². The minimum absolute atomic E-state index is 0. The largest absolute Gasteiger partial charge is 0.356 e.